The molecule has 1 aromatic heterocycles. The molecule has 0 aliphatic carbocycles. The molecular formula is C19H16ClF6N3O. The highest BCUT2D eigenvalue weighted by molar-refractivity contribution is 6.33. The van der Waals surface area contributed by atoms with Crippen molar-refractivity contribution in [2.24, 2.45) is 5.92 Å². The van der Waals surface area contributed by atoms with E-state index < -0.39 is 35.3 Å². The number of nitrogens with zero attached hydrogens (tertiary/aromatic N) is 2. The SMILES string of the molecule is O=C(Nc1cccc(C(F)(F)F)c1)C1CCN(c2ncc(C(F)(F)F)cc2Cl)CC1. The van der Waals surface area contributed by atoms with E-state index in [1.807, 2.05) is 0 Å². The fourth-order valence-electron chi connectivity index (χ4n) is 3.19. The summed E-state index contributed by atoms with van der Waals surface area (Å²) in [5.41, 5.74) is -1.77. The molecule has 1 saturated heterocycles. The summed E-state index contributed by atoms with van der Waals surface area (Å²) < 4.78 is 76.6. The highest BCUT2D eigenvalue weighted by atomic mass is 35.5. The van der Waals surface area contributed by atoms with Crippen LogP contribution in [0.1, 0.15) is 24.0 Å². The molecule has 0 radical (unpaired) electrons. The van der Waals surface area contributed by atoms with E-state index in [4.69, 9.17) is 11.6 Å². The Hall–Kier alpha value is -2.49. The number of halogens is 7. The summed E-state index contributed by atoms with van der Waals surface area (Å²) in [5.74, 6) is -0.675. The zero-order chi connectivity index (χ0) is 22.1. The van der Waals surface area contributed by atoms with Crippen LogP contribution < -0.4 is 10.2 Å². The number of alkyl halides is 6. The van der Waals surface area contributed by atoms with Gasteiger partial charge in [-0.25, -0.2) is 4.98 Å². The molecule has 4 nitrogen and oxygen atoms in total. The second-order valence-electron chi connectivity index (χ2n) is 6.86. The Labute approximate surface area is 172 Å². The fourth-order valence-corrected chi connectivity index (χ4v) is 3.48. The van der Waals surface area contributed by atoms with Crippen LogP contribution in [0.25, 0.3) is 0 Å². The summed E-state index contributed by atoms with van der Waals surface area (Å²) in [5, 5.41) is 2.35. The third kappa shape index (κ3) is 5.16. The second kappa shape index (κ2) is 8.33. The van der Waals surface area contributed by atoms with Gasteiger partial charge >= 0.3 is 12.4 Å². The van der Waals surface area contributed by atoms with Crippen LogP contribution in [0.15, 0.2) is 36.5 Å². The minimum atomic E-state index is -4.55. The molecule has 3 rings (SSSR count). The van der Waals surface area contributed by atoms with E-state index >= 15 is 0 Å². The lowest BCUT2D eigenvalue weighted by atomic mass is 9.95. The van der Waals surface area contributed by atoms with Crippen LogP contribution in [0, 0.1) is 5.92 Å². The number of benzene rings is 1. The van der Waals surface area contributed by atoms with Crippen LogP contribution in [-0.4, -0.2) is 24.0 Å². The lowest BCUT2D eigenvalue weighted by Gasteiger charge is -2.32. The zero-order valence-electron chi connectivity index (χ0n) is 15.3. The van der Waals surface area contributed by atoms with E-state index in [1.54, 1.807) is 4.90 Å². The Morgan fingerprint density at radius 3 is 2.23 bits per heavy atom. The van der Waals surface area contributed by atoms with Crippen molar-refractivity contribution < 1.29 is 31.1 Å². The quantitative estimate of drug-likeness (QED) is 0.615. The molecular weight excluding hydrogens is 436 g/mol. The normalized spacial score (nSPS) is 15.9. The largest absolute Gasteiger partial charge is 0.417 e. The van der Waals surface area contributed by atoms with Crippen molar-refractivity contribution in [3.8, 4) is 0 Å². The summed E-state index contributed by atoms with van der Waals surface area (Å²) in [7, 11) is 0. The van der Waals surface area contributed by atoms with Crippen LogP contribution in [-0.2, 0) is 17.1 Å². The van der Waals surface area contributed by atoms with Crippen LogP contribution in [0.5, 0.6) is 0 Å². The smallest absolute Gasteiger partial charge is 0.355 e. The van der Waals surface area contributed by atoms with Gasteiger partial charge in [-0.2, -0.15) is 26.3 Å². The molecule has 0 saturated carbocycles. The maximum atomic E-state index is 12.8. The topological polar surface area (TPSA) is 45.2 Å². The first-order chi connectivity index (χ1) is 13.9. The molecule has 162 valence electrons. The van der Waals surface area contributed by atoms with Gasteiger partial charge in [0.1, 0.15) is 5.82 Å². The Morgan fingerprint density at radius 2 is 1.67 bits per heavy atom. The van der Waals surface area contributed by atoms with Gasteiger partial charge in [-0.05, 0) is 37.1 Å². The Balaban J connectivity index is 1.61. The summed E-state index contributed by atoms with van der Waals surface area (Å²) in [4.78, 5) is 17.9. The van der Waals surface area contributed by atoms with Gasteiger partial charge in [-0.1, -0.05) is 17.7 Å². The van der Waals surface area contributed by atoms with E-state index in [9.17, 15) is 31.1 Å². The third-order valence-electron chi connectivity index (χ3n) is 4.77. The molecule has 1 amide bonds. The minimum absolute atomic E-state index is 0.0460. The van der Waals surface area contributed by atoms with Crippen molar-refractivity contribution >= 4 is 29.0 Å². The summed E-state index contributed by atoms with van der Waals surface area (Å²) in [6, 6.07) is 5.15. The number of pyridine rings is 1. The lowest BCUT2D eigenvalue weighted by molar-refractivity contribution is -0.138. The molecule has 0 atom stereocenters. The highest BCUT2D eigenvalue weighted by Crippen LogP contribution is 2.35. The van der Waals surface area contributed by atoms with Crippen molar-refractivity contribution in [1.82, 2.24) is 4.98 Å². The molecule has 11 heteroatoms. The molecule has 0 bridgehead atoms. The van der Waals surface area contributed by atoms with E-state index in [0.717, 1.165) is 18.2 Å². The standard InChI is InChI=1S/C19H16ClF6N3O/c20-15-9-13(19(24,25)26)10-27-16(15)29-6-4-11(5-7-29)17(30)28-14-3-1-2-12(8-14)18(21,22)23/h1-3,8-11H,4-7H2,(H,28,30). The van der Waals surface area contributed by atoms with Crippen molar-refractivity contribution in [3.05, 3.63) is 52.7 Å². The van der Waals surface area contributed by atoms with Gasteiger partial charge in [-0.3, -0.25) is 4.79 Å². The predicted octanol–water partition coefficient (Wildman–Crippen LogP) is 5.63. The Morgan fingerprint density at radius 1 is 1.03 bits per heavy atom. The van der Waals surface area contributed by atoms with Gasteiger partial charge in [0.25, 0.3) is 0 Å². The molecule has 1 aromatic carbocycles. The molecule has 2 heterocycles. The summed E-state index contributed by atoms with van der Waals surface area (Å²) in [6.45, 7) is 0.636. The molecule has 0 spiro atoms. The number of anilines is 2. The van der Waals surface area contributed by atoms with Gasteiger partial charge in [0.05, 0.1) is 16.1 Å². The number of aromatic nitrogens is 1. The van der Waals surface area contributed by atoms with E-state index in [2.05, 4.69) is 10.3 Å². The summed E-state index contributed by atoms with van der Waals surface area (Å²) in [6.07, 6.45) is -7.66. The molecule has 1 N–H and O–H groups in total. The number of piperidine rings is 1. The molecule has 1 aliphatic rings. The molecule has 0 unspecified atom stereocenters. The Kier molecular flexibility index (Phi) is 6.16. The maximum Gasteiger partial charge on any atom is 0.417 e. The number of carbonyl (C=O) groups excluding carboxylic acids is 1. The van der Waals surface area contributed by atoms with Crippen molar-refractivity contribution in [2.45, 2.75) is 25.2 Å². The number of nitrogens with one attached hydrogen (secondary N) is 1. The average Bonchev–Trinajstić information content (AvgIpc) is 2.67. The van der Waals surface area contributed by atoms with Gasteiger partial charge in [0.15, 0.2) is 0 Å². The minimum Gasteiger partial charge on any atom is -0.355 e. The zero-order valence-corrected chi connectivity index (χ0v) is 16.1. The fraction of sp³-hybridized carbons (Fsp3) is 0.368. The molecule has 30 heavy (non-hydrogen) atoms. The predicted molar refractivity (Wildman–Crippen MR) is 99.3 cm³/mol. The second-order valence-corrected chi connectivity index (χ2v) is 7.26. The highest BCUT2D eigenvalue weighted by Gasteiger charge is 2.33. The first-order valence-corrected chi connectivity index (χ1v) is 9.29. The first-order valence-electron chi connectivity index (χ1n) is 8.91. The Bertz CT molecular complexity index is 923. The first kappa shape index (κ1) is 22.2. The number of carbonyl (C=O) groups is 1. The molecule has 2 aromatic rings. The maximum absolute atomic E-state index is 12.8. The lowest BCUT2D eigenvalue weighted by Crippen LogP contribution is -2.38. The molecule has 1 aliphatic heterocycles. The van der Waals surface area contributed by atoms with Gasteiger partial charge in [0, 0.05) is 30.9 Å². The number of amides is 1. The third-order valence-corrected chi connectivity index (χ3v) is 5.05. The van der Waals surface area contributed by atoms with Gasteiger partial charge in [-0.15, -0.1) is 0 Å². The van der Waals surface area contributed by atoms with Crippen molar-refractivity contribution in [3.63, 3.8) is 0 Å². The van der Waals surface area contributed by atoms with Crippen LogP contribution in [0.2, 0.25) is 5.02 Å². The average molecular weight is 452 g/mol. The van der Waals surface area contributed by atoms with Gasteiger partial charge < -0.3 is 10.2 Å². The van der Waals surface area contributed by atoms with Gasteiger partial charge in [0.2, 0.25) is 5.91 Å². The van der Waals surface area contributed by atoms with Crippen LogP contribution in [0.3, 0.4) is 0 Å². The van der Waals surface area contributed by atoms with Crippen molar-refractivity contribution in [1.29, 1.82) is 0 Å². The van der Waals surface area contributed by atoms with Crippen molar-refractivity contribution in [2.75, 3.05) is 23.3 Å². The van der Waals surface area contributed by atoms with Crippen LogP contribution in [0.4, 0.5) is 37.8 Å². The van der Waals surface area contributed by atoms with E-state index in [0.29, 0.717) is 32.1 Å². The van der Waals surface area contributed by atoms with E-state index in [1.165, 1.54) is 12.1 Å². The number of rotatable bonds is 3. The monoisotopic (exact) mass is 451 g/mol. The number of hydrogen-bond donors (Lipinski definition) is 1. The van der Waals surface area contributed by atoms with Crippen LogP contribution >= 0.6 is 11.6 Å². The molecule has 1 fully saturated rings. The number of hydrogen-bond acceptors (Lipinski definition) is 3. The van der Waals surface area contributed by atoms with E-state index in [-0.39, 0.29) is 16.5 Å². The summed E-state index contributed by atoms with van der Waals surface area (Å²) >= 11 is 5.95.